The smallest absolute Gasteiger partial charge is 0.0546 e. The minimum Gasteiger partial charge on any atom is -0.310 e. The van der Waals surface area contributed by atoms with Crippen molar-refractivity contribution < 1.29 is 0 Å². The van der Waals surface area contributed by atoms with E-state index in [0.717, 1.165) is 22.6 Å². The summed E-state index contributed by atoms with van der Waals surface area (Å²) < 4.78 is 0. The van der Waals surface area contributed by atoms with Crippen molar-refractivity contribution in [3.05, 3.63) is 249 Å². The van der Waals surface area contributed by atoms with Crippen LogP contribution >= 0.6 is 0 Å². The van der Waals surface area contributed by atoms with E-state index in [1.807, 2.05) is 0 Å². The second-order valence-corrected chi connectivity index (χ2v) is 15.0. The van der Waals surface area contributed by atoms with Gasteiger partial charge in [-0.1, -0.05) is 200 Å². The molecule has 0 saturated carbocycles. The Morgan fingerprint density at radius 1 is 0.203 bits per heavy atom. The Morgan fingerprint density at radius 3 is 1.07 bits per heavy atom. The molecule has 0 saturated heterocycles. The summed E-state index contributed by atoms with van der Waals surface area (Å²) >= 11 is 0. The van der Waals surface area contributed by atoms with Gasteiger partial charge in [-0.3, -0.25) is 0 Å². The number of fused-ring (bicyclic) bond motifs is 1. The van der Waals surface area contributed by atoms with Crippen LogP contribution in [0.4, 0.5) is 17.1 Å². The first kappa shape index (κ1) is 35.7. The Balaban J connectivity index is 1.11. The van der Waals surface area contributed by atoms with Gasteiger partial charge in [-0.2, -0.15) is 0 Å². The molecule has 0 spiro atoms. The van der Waals surface area contributed by atoms with Crippen LogP contribution in [0, 0.1) is 0 Å². The summed E-state index contributed by atoms with van der Waals surface area (Å²) in [4.78, 5) is 2.42. The molecule has 10 rings (SSSR count). The van der Waals surface area contributed by atoms with Gasteiger partial charge in [0.05, 0.1) is 5.69 Å². The Morgan fingerprint density at radius 2 is 0.559 bits per heavy atom. The molecule has 0 fully saturated rings. The molecule has 0 aliphatic heterocycles. The molecule has 0 aromatic heterocycles. The van der Waals surface area contributed by atoms with Crippen molar-refractivity contribution in [1.29, 1.82) is 0 Å². The Kier molecular flexibility index (Phi) is 9.68. The molecule has 1 heteroatoms. The molecule has 0 heterocycles. The lowest BCUT2D eigenvalue weighted by molar-refractivity contribution is 1.28. The Labute approximate surface area is 346 Å². The number of benzene rings is 10. The van der Waals surface area contributed by atoms with Gasteiger partial charge in [0.1, 0.15) is 0 Å². The van der Waals surface area contributed by atoms with Gasteiger partial charge < -0.3 is 4.90 Å². The van der Waals surface area contributed by atoms with Crippen molar-refractivity contribution in [3.63, 3.8) is 0 Å². The van der Waals surface area contributed by atoms with Crippen molar-refractivity contribution in [2.45, 2.75) is 0 Å². The van der Waals surface area contributed by atoms with Gasteiger partial charge in [-0.25, -0.2) is 0 Å². The molecule has 0 bridgehead atoms. The topological polar surface area (TPSA) is 3.24 Å². The van der Waals surface area contributed by atoms with E-state index in [1.165, 1.54) is 72.0 Å². The average Bonchev–Trinajstić information content (AvgIpc) is 3.33. The number of anilines is 3. The highest BCUT2D eigenvalue weighted by atomic mass is 15.1. The SMILES string of the molecule is c1ccc(-c2cccc(-c3ccc(N(c4ccc(-c5cccc(-c6ccccc6)c5)cc4)c4cc(-c5ccc6ccccc6c5)ccc4-c4ccccc4)cc3)c2)cc1. The predicted molar refractivity (Wildman–Crippen MR) is 251 cm³/mol. The monoisotopic (exact) mass is 751 g/mol. The number of rotatable bonds is 9. The molecule has 278 valence electrons. The summed E-state index contributed by atoms with van der Waals surface area (Å²) in [6, 6.07) is 89.9. The highest BCUT2D eigenvalue weighted by Crippen LogP contribution is 2.44. The first-order valence-corrected chi connectivity index (χ1v) is 20.2. The second kappa shape index (κ2) is 16.0. The zero-order chi connectivity index (χ0) is 39.4. The maximum atomic E-state index is 2.42. The van der Waals surface area contributed by atoms with Crippen LogP contribution in [0.5, 0.6) is 0 Å². The zero-order valence-corrected chi connectivity index (χ0v) is 32.6. The molecule has 0 atom stereocenters. The molecule has 10 aromatic rings. The van der Waals surface area contributed by atoms with Gasteiger partial charge in [0.15, 0.2) is 0 Å². The number of hydrogen-bond acceptors (Lipinski definition) is 1. The molecule has 0 radical (unpaired) electrons. The molecule has 0 N–H and O–H groups in total. The highest BCUT2D eigenvalue weighted by Gasteiger charge is 2.19. The van der Waals surface area contributed by atoms with E-state index < -0.39 is 0 Å². The van der Waals surface area contributed by atoms with Gasteiger partial charge in [-0.05, 0) is 121 Å². The highest BCUT2D eigenvalue weighted by molar-refractivity contribution is 5.93. The van der Waals surface area contributed by atoms with Crippen LogP contribution < -0.4 is 4.90 Å². The van der Waals surface area contributed by atoms with Crippen LogP contribution in [-0.4, -0.2) is 0 Å². The van der Waals surface area contributed by atoms with Gasteiger partial charge >= 0.3 is 0 Å². The molecule has 59 heavy (non-hydrogen) atoms. The molecular formula is C58H41N. The van der Waals surface area contributed by atoms with Crippen molar-refractivity contribution in [2.75, 3.05) is 4.90 Å². The molecule has 10 aromatic carbocycles. The third-order valence-corrected chi connectivity index (χ3v) is 11.3. The van der Waals surface area contributed by atoms with E-state index in [-0.39, 0.29) is 0 Å². The lowest BCUT2D eigenvalue weighted by Gasteiger charge is -2.29. The molecule has 0 amide bonds. The van der Waals surface area contributed by atoms with Crippen LogP contribution in [0.1, 0.15) is 0 Å². The molecule has 0 aliphatic carbocycles. The second-order valence-electron chi connectivity index (χ2n) is 15.0. The first-order valence-electron chi connectivity index (χ1n) is 20.2. The third kappa shape index (κ3) is 7.46. The van der Waals surface area contributed by atoms with E-state index in [4.69, 9.17) is 0 Å². The predicted octanol–water partition coefficient (Wildman–Crippen LogP) is 16.3. The summed E-state index contributed by atoms with van der Waals surface area (Å²) in [6.07, 6.45) is 0. The maximum Gasteiger partial charge on any atom is 0.0546 e. The van der Waals surface area contributed by atoms with Crippen LogP contribution in [0.3, 0.4) is 0 Å². The van der Waals surface area contributed by atoms with Crippen LogP contribution in [0.15, 0.2) is 249 Å². The van der Waals surface area contributed by atoms with Gasteiger partial charge in [-0.15, -0.1) is 0 Å². The quantitative estimate of drug-likeness (QED) is 0.142. The third-order valence-electron chi connectivity index (χ3n) is 11.3. The molecular weight excluding hydrogens is 711 g/mol. The lowest BCUT2D eigenvalue weighted by atomic mass is 9.95. The van der Waals surface area contributed by atoms with Crippen LogP contribution in [0.2, 0.25) is 0 Å². The van der Waals surface area contributed by atoms with E-state index >= 15 is 0 Å². The van der Waals surface area contributed by atoms with Crippen molar-refractivity contribution in [3.8, 4) is 66.8 Å². The van der Waals surface area contributed by atoms with Gasteiger partial charge in [0, 0.05) is 16.9 Å². The van der Waals surface area contributed by atoms with Crippen molar-refractivity contribution in [1.82, 2.24) is 0 Å². The van der Waals surface area contributed by atoms with E-state index in [1.54, 1.807) is 0 Å². The minimum atomic E-state index is 1.08. The van der Waals surface area contributed by atoms with E-state index in [9.17, 15) is 0 Å². The van der Waals surface area contributed by atoms with E-state index in [2.05, 4.69) is 254 Å². The van der Waals surface area contributed by atoms with Crippen molar-refractivity contribution in [2.24, 2.45) is 0 Å². The number of hydrogen-bond donors (Lipinski definition) is 0. The Bertz CT molecular complexity index is 2880. The van der Waals surface area contributed by atoms with Gasteiger partial charge in [0.25, 0.3) is 0 Å². The summed E-state index contributed by atoms with van der Waals surface area (Å²) in [5, 5.41) is 2.47. The summed E-state index contributed by atoms with van der Waals surface area (Å²) in [7, 11) is 0. The largest absolute Gasteiger partial charge is 0.310 e. The van der Waals surface area contributed by atoms with Crippen LogP contribution in [-0.2, 0) is 0 Å². The maximum absolute atomic E-state index is 2.42. The fourth-order valence-electron chi connectivity index (χ4n) is 8.18. The normalized spacial score (nSPS) is 11.1. The molecule has 0 aliphatic rings. The fourth-order valence-corrected chi connectivity index (χ4v) is 8.18. The lowest BCUT2D eigenvalue weighted by Crippen LogP contribution is -2.11. The zero-order valence-electron chi connectivity index (χ0n) is 32.6. The van der Waals surface area contributed by atoms with Crippen molar-refractivity contribution >= 4 is 27.8 Å². The fraction of sp³-hybridized carbons (Fsp3) is 0. The molecule has 0 unspecified atom stereocenters. The number of nitrogens with zero attached hydrogens (tertiary/aromatic N) is 1. The first-order chi connectivity index (χ1) is 29.2. The van der Waals surface area contributed by atoms with Gasteiger partial charge in [0.2, 0.25) is 0 Å². The average molecular weight is 752 g/mol. The van der Waals surface area contributed by atoms with E-state index in [0.29, 0.717) is 0 Å². The minimum absolute atomic E-state index is 1.08. The summed E-state index contributed by atoms with van der Waals surface area (Å²) in [5.41, 5.74) is 17.5. The summed E-state index contributed by atoms with van der Waals surface area (Å²) in [5.74, 6) is 0. The Hall–Kier alpha value is -7.74. The summed E-state index contributed by atoms with van der Waals surface area (Å²) in [6.45, 7) is 0. The molecule has 1 nitrogen and oxygen atoms in total. The van der Waals surface area contributed by atoms with Crippen LogP contribution in [0.25, 0.3) is 77.5 Å². The standard InChI is InChI=1S/C58H41N/c1-4-14-42(15-5-1)49-22-12-24-51(38-49)45-28-33-55(34-29-45)59(56-35-30-46(31-36-56)52-25-13-23-50(39-52)43-16-6-2-7-17-43)58-41-54(32-37-57(58)47-19-8-3-9-20-47)53-27-26-44-18-10-11-21-48(44)40-53/h1-41H.